The lowest BCUT2D eigenvalue weighted by atomic mass is 9.93. The van der Waals surface area contributed by atoms with Gasteiger partial charge in [0.25, 0.3) is 0 Å². The first-order chi connectivity index (χ1) is 14.8. The number of ether oxygens (including phenoxy) is 1. The van der Waals surface area contributed by atoms with E-state index in [-0.39, 0.29) is 22.7 Å². The zero-order valence-corrected chi connectivity index (χ0v) is 21.7. The van der Waals surface area contributed by atoms with Crippen LogP contribution < -0.4 is 14.4 Å². The minimum Gasteiger partial charge on any atom is -0.496 e. The number of carbonyl (C=O) groups is 1. The van der Waals surface area contributed by atoms with Crippen LogP contribution in [0.1, 0.15) is 56.3 Å². The van der Waals surface area contributed by atoms with Crippen molar-refractivity contribution in [2.45, 2.75) is 52.6 Å². The second-order valence-corrected chi connectivity index (χ2v) is 10.9. The summed E-state index contributed by atoms with van der Waals surface area (Å²) in [5.74, 6) is 0.573. The van der Waals surface area contributed by atoms with Crippen LogP contribution in [0.4, 0.5) is 5.69 Å². The Labute approximate surface area is 200 Å². The van der Waals surface area contributed by atoms with Gasteiger partial charge in [0.1, 0.15) is 11.8 Å². The van der Waals surface area contributed by atoms with Gasteiger partial charge in [-0.25, -0.2) is 8.42 Å². The van der Waals surface area contributed by atoms with Gasteiger partial charge in [-0.2, -0.15) is 0 Å². The highest BCUT2D eigenvalue weighted by atomic mass is 35.5. The fourth-order valence-corrected chi connectivity index (χ4v) is 5.26. The van der Waals surface area contributed by atoms with Crippen molar-refractivity contribution in [1.82, 2.24) is 5.32 Å². The monoisotopic (exact) mass is 500 g/mol. The quantitative estimate of drug-likeness (QED) is 0.521. The lowest BCUT2D eigenvalue weighted by Gasteiger charge is -2.30. The molecule has 2 aromatic carbocycles. The predicted molar refractivity (Wildman–Crippen MR) is 132 cm³/mol. The van der Waals surface area contributed by atoms with Crippen LogP contribution in [-0.4, -0.2) is 33.7 Å². The van der Waals surface area contributed by atoms with E-state index in [0.717, 1.165) is 33.0 Å². The Balaban J connectivity index is 2.38. The predicted octanol–water partition coefficient (Wildman–Crippen LogP) is 5.47. The number of benzene rings is 2. The van der Waals surface area contributed by atoms with Crippen molar-refractivity contribution in [3.8, 4) is 5.75 Å². The largest absolute Gasteiger partial charge is 0.496 e. The van der Waals surface area contributed by atoms with Crippen molar-refractivity contribution in [1.29, 1.82) is 0 Å². The number of sulfonamides is 1. The average molecular weight is 501 g/mol. The minimum absolute atomic E-state index is 0.152. The van der Waals surface area contributed by atoms with Crippen molar-refractivity contribution in [2.75, 3.05) is 17.7 Å². The van der Waals surface area contributed by atoms with E-state index >= 15 is 0 Å². The highest BCUT2D eigenvalue weighted by Crippen LogP contribution is 2.34. The molecule has 0 saturated carbocycles. The number of halogens is 2. The summed E-state index contributed by atoms with van der Waals surface area (Å²) in [4.78, 5) is 13.1. The van der Waals surface area contributed by atoms with Crippen molar-refractivity contribution < 1.29 is 17.9 Å². The van der Waals surface area contributed by atoms with E-state index in [2.05, 4.69) is 19.2 Å². The molecule has 1 N–H and O–H groups in total. The molecule has 0 spiro atoms. The van der Waals surface area contributed by atoms with E-state index in [0.29, 0.717) is 5.02 Å². The van der Waals surface area contributed by atoms with E-state index in [1.165, 1.54) is 19.1 Å². The normalized spacial score (nSPS) is 13.6. The Morgan fingerprint density at radius 2 is 1.69 bits per heavy atom. The summed E-state index contributed by atoms with van der Waals surface area (Å²) >= 11 is 12.3. The Morgan fingerprint density at radius 1 is 1.06 bits per heavy atom. The van der Waals surface area contributed by atoms with Crippen molar-refractivity contribution in [3.05, 3.63) is 57.1 Å². The standard InChI is InChI=1S/C23H30Cl2N2O4S/c1-13(2)18-12-19(14(3)10-22(18)31-6)15(4)26-23(28)16(5)27(32(7,29)30)21-11-17(24)8-9-20(21)25/h8-13,15-16H,1-7H3,(H,26,28)/t15-,16+/m1/s1. The molecule has 0 fully saturated rings. The van der Waals surface area contributed by atoms with Gasteiger partial charge in [0, 0.05) is 5.02 Å². The first-order valence-corrected chi connectivity index (χ1v) is 12.8. The van der Waals surface area contributed by atoms with Crippen LogP contribution in [0, 0.1) is 6.92 Å². The SMILES string of the molecule is COc1cc(C)c([C@@H](C)NC(=O)[C@H](C)N(c2cc(Cl)ccc2Cl)S(C)(=O)=O)cc1C(C)C. The summed E-state index contributed by atoms with van der Waals surface area (Å²) in [5, 5.41) is 3.43. The van der Waals surface area contributed by atoms with Gasteiger partial charge in [-0.3, -0.25) is 9.10 Å². The number of nitrogens with zero attached hydrogens (tertiary/aromatic N) is 1. The maximum Gasteiger partial charge on any atom is 0.244 e. The molecule has 6 nitrogen and oxygen atoms in total. The summed E-state index contributed by atoms with van der Waals surface area (Å²) < 4.78 is 31.6. The van der Waals surface area contributed by atoms with Gasteiger partial charge in [-0.15, -0.1) is 0 Å². The van der Waals surface area contributed by atoms with E-state index in [9.17, 15) is 13.2 Å². The van der Waals surface area contributed by atoms with Crippen LogP contribution in [0.3, 0.4) is 0 Å². The molecule has 0 aliphatic rings. The molecule has 2 aromatic rings. The van der Waals surface area contributed by atoms with Crippen LogP contribution in [-0.2, 0) is 14.8 Å². The first-order valence-electron chi connectivity index (χ1n) is 10.2. The van der Waals surface area contributed by atoms with Gasteiger partial charge < -0.3 is 10.1 Å². The number of anilines is 1. The molecule has 176 valence electrons. The lowest BCUT2D eigenvalue weighted by Crippen LogP contribution is -2.48. The number of aryl methyl sites for hydroxylation is 1. The van der Waals surface area contributed by atoms with E-state index < -0.39 is 22.0 Å². The van der Waals surface area contributed by atoms with Gasteiger partial charge in [0.2, 0.25) is 15.9 Å². The number of methoxy groups -OCH3 is 1. The summed E-state index contributed by atoms with van der Waals surface area (Å²) in [7, 11) is -2.19. The zero-order chi connectivity index (χ0) is 24.4. The number of hydrogen-bond acceptors (Lipinski definition) is 4. The second kappa shape index (κ2) is 10.3. The summed E-state index contributed by atoms with van der Waals surface area (Å²) in [6.45, 7) is 9.46. The molecule has 0 aliphatic carbocycles. The minimum atomic E-state index is -3.82. The fourth-order valence-electron chi connectivity index (χ4n) is 3.66. The Kier molecular flexibility index (Phi) is 8.48. The zero-order valence-electron chi connectivity index (χ0n) is 19.4. The molecule has 9 heteroatoms. The molecule has 0 radical (unpaired) electrons. The number of hydrogen-bond donors (Lipinski definition) is 1. The summed E-state index contributed by atoms with van der Waals surface area (Å²) in [6, 6.07) is 7.05. The first kappa shape index (κ1) is 26.3. The Hall–Kier alpha value is -1.96. The molecule has 0 aliphatic heterocycles. The van der Waals surface area contributed by atoms with Gasteiger partial charge >= 0.3 is 0 Å². The molecule has 2 rings (SSSR count). The van der Waals surface area contributed by atoms with Gasteiger partial charge in [0.05, 0.1) is 30.1 Å². The van der Waals surface area contributed by atoms with Gasteiger partial charge in [0.15, 0.2) is 0 Å². The molecule has 0 heterocycles. The molecule has 0 unspecified atom stereocenters. The number of rotatable bonds is 8. The maximum atomic E-state index is 13.1. The third kappa shape index (κ3) is 5.88. The van der Waals surface area contributed by atoms with Crippen LogP contribution in [0.5, 0.6) is 5.75 Å². The van der Waals surface area contributed by atoms with Crippen LogP contribution in [0.15, 0.2) is 30.3 Å². The van der Waals surface area contributed by atoms with Crippen molar-refractivity contribution >= 4 is 44.8 Å². The van der Waals surface area contributed by atoms with E-state index in [1.54, 1.807) is 13.2 Å². The number of nitrogens with one attached hydrogen (secondary N) is 1. The molecule has 32 heavy (non-hydrogen) atoms. The number of amides is 1. The van der Waals surface area contributed by atoms with E-state index in [1.807, 2.05) is 26.0 Å². The fraction of sp³-hybridized carbons (Fsp3) is 0.435. The molecule has 1 amide bonds. The highest BCUT2D eigenvalue weighted by molar-refractivity contribution is 7.92. The lowest BCUT2D eigenvalue weighted by molar-refractivity contribution is -0.122. The van der Waals surface area contributed by atoms with Gasteiger partial charge in [-0.05, 0) is 73.7 Å². The summed E-state index contributed by atoms with van der Waals surface area (Å²) in [6.07, 6.45) is 1.03. The topological polar surface area (TPSA) is 75.7 Å². The maximum absolute atomic E-state index is 13.1. The number of carbonyl (C=O) groups excluding carboxylic acids is 1. The third-order valence-corrected chi connectivity index (χ3v) is 7.08. The van der Waals surface area contributed by atoms with Crippen LogP contribution >= 0.6 is 23.2 Å². The Bertz CT molecular complexity index is 1100. The molecule has 0 bridgehead atoms. The summed E-state index contributed by atoms with van der Waals surface area (Å²) in [5.41, 5.74) is 3.08. The van der Waals surface area contributed by atoms with Gasteiger partial charge in [-0.1, -0.05) is 37.0 Å². The van der Waals surface area contributed by atoms with Crippen molar-refractivity contribution in [3.63, 3.8) is 0 Å². The Morgan fingerprint density at radius 3 is 2.22 bits per heavy atom. The highest BCUT2D eigenvalue weighted by Gasteiger charge is 2.31. The average Bonchev–Trinajstić information content (AvgIpc) is 2.68. The molecule has 2 atom stereocenters. The van der Waals surface area contributed by atoms with Crippen molar-refractivity contribution in [2.24, 2.45) is 0 Å². The molecule has 0 aromatic heterocycles. The molecule has 0 saturated heterocycles. The second-order valence-electron chi connectivity index (χ2n) is 8.17. The smallest absolute Gasteiger partial charge is 0.244 e. The molecular weight excluding hydrogens is 471 g/mol. The third-order valence-electron chi connectivity index (χ3n) is 5.30. The van der Waals surface area contributed by atoms with E-state index in [4.69, 9.17) is 27.9 Å². The molecular formula is C23H30Cl2N2O4S. The van der Waals surface area contributed by atoms with Crippen LogP contribution in [0.25, 0.3) is 0 Å². The van der Waals surface area contributed by atoms with Crippen LogP contribution in [0.2, 0.25) is 10.0 Å².